The van der Waals surface area contributed by atoms with E-state index in [1.807, 2.05) is 13.8 Å². The van der Waals surface area contributed by atoms with Gasteiger partial charge in [-0.15, -0.1) is 0 Å². The topological polar surface area (TPSA) is 79.9 Å². The van der Waals surface area contributed by atoms with Gasteiger partial charge in [0, 0.05) is 12.6 Å². The van der Waals surface area contributed by atoms with E-state index in [2.05, 4.69) is 22.2 Å². The Labute approximate surface area is 105 Å². The summed E-state index contributed by atoms with van der Waals surface area (Å²) < 4.78 is 0. The lowest BCUT2D eigenvalue weighted by Gasteiger charge is -2.07. The molecule has 0 saturated carbocycles. The first-order valence-electron chi connectivity index (χ1n) is 5.95. The minimum atomic E-state index is -0.628. The number of fused-ring (bicyclic) bond motifs is 1. The van der Waals surface area contributed by atoms with Crippen LogP contribution >= 0.6 is 0 Å². The number of hydrogen-bond acceptors (Lipinski definition) is 5. The maximum atomic E-state index is 11.0. The molecule has 96 valence electrons. The fourth-order valence-electron chi connectivity index (χ4n) is 1.91. The first-order chi connectivity index (χ1) is 8.44. The van der Waals surface area contributed by atoms with E-state index in [4.69, 9.17) is 0 Å². The summed E-state index contributed by atoms with van der Waals surface area (Å²) in [7, 11) is 0. The Balaban J connectivity index is 2.63. The molecule has 1 aromatic carbocycles. The minimum Gasteiger partial charge on any atom is -0.383 e. The SMILES string of the molecule is CCCNc1ccc([N+](=O)[O-])c2c1=NC(C)(C)N=2. The number of nitro groups is 1. The summed E-state index contributed by atoms with van der Waals surface area (Å²) in [5, 5.41) is 15.2. The number of hydrogen-bond donors (Lipinski definition) is 1. The quantitative estimate of drug-likeness (QED) is 0.646. The highest BCUT2D eigenvalue weighted by Crippen LogP contribution is 2.16. The van der Waals surface area contributed by atoms with Crippen LogP contribution in [0.3, 0.4) is 0 Å². The number of nitro benzene ring substituents is 1. The lowest BCUT2D eigenvalue weighted by molar-refractivity contribution is -0.386. The molecule has 0 spiro atoms. The molecule has 2 rings (SSSR count). The molecule has 0 radical (unpaired) electrons. The first-order valence-corrected chi connectivity index (χ1v) is 5.95. The zero-order chi connectivity index (χ0) is 13.3. The van der Waals surface area contributed by atoms with Crippen molar-refractivity contribution in [2.45, 2.75) is 32.9 Å². The first kappa shape index (κ1) is 12.5. The van der Waals surface area contributed by atoms with Crippen molar-refractivity contribution in [3.8, 4) is 0 Å². The van der Waals surface area contributed by atoms with Crippen molar-refractivity contribution < 1.29 is 4.92 Å². The smallest absolute Gasteiger partial charge is 0.296 e. The van der Waals surface area contributed by atoms with Crippen LogP contribution in [-0.2, 0) is 0 Å². The molecule has 0 unspecified atom stereocenters. The van der Waals surface area contributed by atoms with Gasteiger partial charge in [0.15, 0.2) is 5.36 Å². The summed E-state index contributed by atoms with van der Waals surface area (Å²) in [4.78, 5) is 19.3. The van der Waals surface area contributed by atoms with Gasteiger partial charge in [-0.3, -0.25) is 15.1 Å². The molecule has 6 nitrogen and oxygen atoms in total. The van der Waals surface area contributed by atoms with Gasteiger partial charge in [0.05, 0.1) is 10.6 Å². The fraction of sp³-hybridized carbons (Fsp3) is 0.500. The van der Waals surface area contributed by atoms with Crippen LogP contribution < -0.4 is 16.0 Å². The van der Waals surface area contributed by atoms with Gasteiger partial charge in [-0.2, -0.15) is 0 Å². The number of nitrogens with zero attached hydrogens (tertiary/aromatic N) is 3. The molecule has 18 heavy (non-hydrogen) atoms. The standard InChI is InChI=1S/C12H16N4O2/c1-4-7-13-8-5-6-9(16(17)18)11-10(8)14-12(2,3)15-11/h5-6,13H,4,7H2,1-3H3. The summed E-state index contributed by atoms with van der Waals surface area (Å²) in [5.74, 6) is 0. The van der Waals surface area contributed by atoms with Gasteiger partial charge in [0.2, 0.25) is 0 Å². The molecular weight excluding hydrogens is 232 g/mol. The maximum Gasteiger partial charge on any atom is 0.296 e. The third kappa shape index (κ3) is 2.18. The second-order valence-electron chi connectivity index (χ2n) is 4.73. The lowest BCUT2D eigenvalue weighted by atomic mass is 10.2. The lowest BCUT2D eigenvalue weighted by Crippen LogP contribution is -2.28. The molecule has 0 fully saturated rings. The van der Waals surface area contributed by atoms with Crippen molar-refractivity contribution in [1.82, 2.24) is 0 Å². The summed E-state index contributed by atoms with van der Waals surface area (Å²) in [5.41, 5.74) is 0.199. The van der Waals surface area contributed by atoms with Crippen LogP contribution in [0.2, 0.25) is 0 Å². The van der Waals surface area contributed by atoms with E-state index in [1.54, 1.807) is 6.07 Å². The Morgan fingerprint density at radius 3 is 2.61 bits per heavy atom. The van der Waals surface area contributed by atoms with Gasteiger partial charge < -0.3 is 5.32 Å². The molecule has 1 heterocycles. The van der Waals surface area contributed by atoms with Gasteiger partial charge in [-0.25, -0.2) is 4.99 Å². The second kappa shape index (κ2) is 4.36. The Morgan fingerprint density at radius 2 is 2.00 bits per heavy atom. The number of rotatable bonds is 4. The maximum absolute atomic E-state index is 11.0. The van der Waals surface area contributed by atoms with Crippen molar-refractivity contribution in [1.29, 1.82) is 0 Å². The third-order valence-electron chi connectivity index (χ3n) is 2.66. The Hall–Kier alpha value is -1.98. The van der Waals surface area contributed by atoms with E-state index in [1.165, 1.54) is 6.07 Å². The highest BCUT2D eigenvalue weighted by atomic mass is 16.6. The molecule has 0 amide bonds. The van der Waals surface area contributed by atoms with E-state index < -0.39 is 10.6 Å². The Morgan fingerprint density at radius 1 is 1.33 bits per heavy atom. The molecular formula is C12H16N4O2. The zero-order valence-electron chi connectivity index (χ0n) is 10.7. The van der Waals surface area contributed by atoms with Crippen molar-refractivity contribution in [3.05, 3.63) is 33.0 Å². The van der Waals surface area contributed by atoms with Crippen LogP contribution in [0.4, 0.5) is 11.4 Å². The van der Waals surface area contributed by atoms with E-state index in [-0.39, 0.29) is 5.69 Å². The van der Waals surface area contributed by atoms with Crippen LogP contribution in [-0.4, -0.2) is 17.1 Å². The molecule has 0 atom stereocenters. The average molecular weight is 248 g/mol. The van der Waals surface area contributed by atoms with Gasteiger partial charge in [-0.1, -0.05) is 6.92 Å². The number of benzene rings is 1. The van der Waals surface area contributed by atoms with Crippen molar-refractivity contribution >= 4 is 11.4 Å². The van der Waals surface area contributed by atoms with Crippen LogP contribution in [0.1, 0.15) is 27.2 Å². The van der Waals surface area contributed by atoms with Gasteiger partial charge in [-0.05, 0) is 26.3 Å². The third-order valence-corrected chi connectivity index (χ3v) is 2.66. The molecule has 1 N–H and O–H groups in total. The summed E-state index contributed by atoms with van der Waals surface area (Å²) in [6, 6.07) is 3.18. The monoisotopic (exact) mass is 248 g/mol. The molecule has 1 aliphatic rings. The predicted octanol–water partition coefficient (Wildman–Crippen LogP) is 1.41. The highest BCUT2D eigenvalue weighted by Gasteiger charge is 2.25. The predicted molar refractivity (Wildman–Crippen MR) is 68.3 cm³/mol. The van der Waals surface area contributed by atoms with Crippen LogP contribution in [0, 0.1) is 10.1 Å². The van der Waals surface area contributed by atoms with Gasteiger partial charge in [0.1, 0.15) is 11.0 Å². The largest absolute Gasteiger partial charge is 0.383 e. The fourth-order valence-corrected chi connectivity index (χ4v) is 1.91. The van der Waals surface area contributed by atoms with Crippen LogP contribution in [0.5, 0.6) is 0 Å². The molecule has 0 saturated heterocycles. The zero-order valence-corrected chi connectivity index (χ0v) is 10.7. The number of nitrogens with one attached hydrogen (secondary N) is 1. The van der Waals surface area contributed by atoms with Crippen LogP contribution in [0.15, 0.2) is 22.1 Å². The molecule has 1 aromatic rings. The van der Waals surface area contributed by atoms with Crippen molar-refractivity contribution in [2.75, 3.05) is 11.9 Å². The molecule has 0 bridgehead atoms. The van der Waals surface area contributed by atoms with Crippen molar-refractivity contribution in [3.63, 3.8) is 0 Å². The minimum absolute atomic E-state index is 0.0152. The van der Waals surface area contributed by atoms with E-state index >= 15 is 0 Å². The van der Waals surface area contributed by atoms with Gasteiger partial charge in [0.25, 0.3) is 5.69 Å². The van der Waals surface area contributed by atoms with Crippen LogP contribution in [0.25, 0.3) is 0 Å². The number of anilines is 1. The molecule has 1 aliphatic heterocycles. The molecule has 0 aliphatic carbocycles. The Kier molecular flexibility index (Phi) is 3.02. The molecule has 6 heteroatoms. The van der Waals surface area contributed by atoms with E-state index in [0.717, 1.165) is 18.7 Å². The van der Waals surface area contributed by atoms with Gasteiger partial charge >= 0.3 is 0 Å². The van der Waals surface area contributed by atoms with Crippen molar-refractivity contribution in [2.24, 2.45) is 9.98 Å². The highest BCUT2D eigenvalue weighted by molar-refractivity contribution is 5.48. The average Bonchev–Trinajstić information content (AvgIpc) is 2.60. The van der Waals surface area contributed by atoms with E-state index in [9.17, 15) is 10.1 Å². The second-order valence-corrected chi connectivity index (χ2v) is 4.73. The summed E-state index contributed by atoms with van der Waals surface area (Å²) >= 11 is 0. The molecule has 0 aromatic heterocycles. The normalized spacial score (nSPS) is 15.5. The Bertz CT molecular complexity index is 607. The van der Waals surface area contributed by atoms with E-state index in [0.29, 0.717) is 10.7 Å². The summed E-state index contributed by atoms with van der Waals surface area (Å²) in [6.07, 6.45) is 0.978. The number of non-ortho nitro benzene ring substituents is 1. The summed E-state index contributed by atoms with van der Waals surface area (Å²) in [6.45, 7) is 6.53.